The van der Waals surface area contributed by atoms with Crippen LogP contribution < -0.4 is 10.3 Å². The highest BCUT2D eigenvalue weighted by atomic mass is 32.2. The molecule has 30 heavy (non-hydrogen) atoms. The van der Waals surface area contributed by atoms with Crippen LogP contribution in [0.15, 0.2) is 99.6 Å². The Morgan fingerprint density at radius 1 is 0.700 bits per heavy atom. The van der Waals surface area contributed by atoms with Crippen LogP contribution in [0.3, 0.4) is 0 Å². The zero-order valence-corrected chi connectivity index (χ0v) is 17.5. The Labute approximate surface area is 175 Å². The van der Waals surface area contributed by atoms with Gasteiger partial charge in [-0.2, -0.15) is 0 Å². The fourth-order valence-electron chi connectivity index (χ4n) is 2.69. The van der Waals surface area contributed by atoms with E-state index in [1.807, 2.05) is 35.2 Å². The van der Waals surface area contributed by atoms with E-state index in [9.17, 15) is 21.6 Å². The average molecular weight is 445 g/mol. The second-order valence-corrected chi connectivity index (χ2v) is 10.1. The van der Waals surface area contributed by atoms with E-state index in [2.05, 4.69) is 5.43 Å². The number of hydrogen-bond acceptors (Lipinski definition) is 5. The minimum atomic E-state index is -4.15. The molecule has 0 atom stereocenters. The molecule has 0 unspecified atom stereocenters. The fourth-order valence-corrected chi connectivity index (χ4v) is 5.00. The van der Waals surface area contributed by atoms with Gasteiger partial charge in [0.25, 0.3) is 10.0 Å². The molecule has 1 amide bonds. The zero-order chi connectivity index (χ0) is 21.6. The van der Waals surface area contributed by atoms with E-state index in [1.165, 1.54) is 30.3 Å². The molecule has 3 aromatic rings. The summed E-state index contributed by atoms with van der Waals surface area (Å²) in [5, 5.41) is 0. The van der Waals surface area contributed by atoms with Gasteiger partial charge in [-0.3, -0.25) is 10.2 Å². The predicted octanol–water partition coefficient (Wildman–Crippen LogP) is 2.46. The molecule has 7 nitrogen and oxygen atoms in total. The molecule has 0 aliphatic rings. The zero-order valence-electron chi connectivity index (χ0n) is 15.9. The van der Waals surface area contributed by atoms with Crippen molar-refractivity contribution >= 4 is 25.8 Å². The van der Waals surface area contributed by atoms with Crippen molar-refractivity contribution in [2.24, 2.45) is 0 Å². The molecule has 0 aromatic heterocycles. The largest absolute Gasteiger partial charge is 0.278 e. The summed E-state index contributed by atoms with van der Waals surface area (Å²) in [7, 11) is -8.02. The van der Waals surface area contributed by atoms with Crippen molar-refractivity contribution in [1.82, 2.24) is 10.3 Å². The number of nitrogens with one attached hydrogen (secondary N) is 2. The van der Waals surface area contributed by atoms with Crippen molar-refractivity contribution in [2.75, 3.05) is 0 Å². The molecule has 0 saturated heterocycles. The predicted molar refractivity (Wildman–Crippen MR) is 112 cm³/mol. The maximum atomic E-state index is 12.7. The molecule has 2 N–H and O–H groups in total. The molecule has 0 radical (unpaired) electrons. The van der Waals surface area contributed by atoms with Gasteiger partial charge in [-0.05, 0) is 42.3 Å². The number of hydrazine groups is 1. The van der Waals surface area contributed by atoms with Crippen LogP contribution in [0.1, 0.15) is 12.0 Å². The molecule has 0 aliphatic carbocycles. The first-order valence-electron chi connectivity index (χ1n) is 9.04. The molecular weight excluding hydrogens is 424 g/mol. The number of hydrogen-bond donors (Lipinski definition) is 2. The molecule has 0 heterocycles. The number of carbonyl (C=O) groups is 1. The van der Waals surface area contributed by atoms with Crippen LogP contribution in [0.4, 0.5) is 0 Å². The molecule has 3 rings (SSSR count). The summed E-state index contributed by atoms with van der Waals surface area (Å²) in [5.41, 5.74) is 3.11. The van der Waals surface area contributed by atoms with Gasteiger partial charge in [0.05, 0.1) is 14.7 Å². The normalized spacial score (nSPS) is 11.7. The molecule has 0 aliphatic heterocycles. The molecule has 0 saturated carbocycles. The molecule has 9 heteroatoms. The quantitative estimate of drug-likeness (QED) is 0.519. The van der Waals surface area contributed by atoms with E-state index in [1.54, 1.807) is 18.2 Å². The topological polar surface area (TPSA) is 109 Å². The number of amides is 1. The summed E-state index contributed by atoms with van der Waals surface area (Å²) >= 11 is 0. The van der Waals surface area contributed by atoms with E-state index in [0.717, 1.165) is 11.6 Å². The monoisotopic (exact) mass is 444 g/mol. The highest BCUT2D eigenvalue weighted by Crippen LogP contribution is 2.22. The summed E-state index contributed by atoms with van der Waals surface area (Å²) in [4.78, 5) is 13.6. The van der Waals surface area contributed by atoms with Gasteiger partial charge in [-0.15, -0.1) is 4.83 Å². The highest BCUT2D eigenvalue weighted by Gasteiger charge is 2.21. The van der Waals surface area contributed by atoms with Gasteiger partial charge in [0.15, 0.2) is 0 Å². The van der Waals surface area contributed by atoms with Crippen molar-refractivity contribution in [2.45, 2.75) is 27.5 Å². The summed E-state index contributed by atoms with van der Waals surface area (Å²) in [5.74, 6) is -0.504. The van der Waals surface area contributed by atoms with Crippen LogP contribution in [-0.2, 0) is 31.1 Å². The summed E-state index contributed by atoms with van der Waals surface area (Å²) in [6.07, 6.45) is 0.550. The van der Waals surface area contributed by atoms with Crippen LogP contribution in [-0.4, -0.2) is 22.7 Å². The molecule has 3 aromatic carbocycles. The third kappa shape index (κ3) is 5.32. The maximum Gasteiger partial charge on any atom is 0.257 e. The second-order valence-electron chi connectivity index (χ2n) is 6.43. The van der Waals surface area contributed by atoms with Crippen LogP contribution in [0, 0.1) is 0 Å². The van der Waals surface area contributed by atoms with E-state index >= 15 is 0 Å². The minimum Gasteiger partial charge on any atom is -0.278 e. The number of benzene rings is 3. The van der Waals surface area contributed by atoms with Crippen molar-refractivity contribution in [3.05, 3.63) is 90.5 Å². The second kappa shape index (κ2) is 9.21. The van der Waals surface area contributed by atoms with Crippen LogP contribution in [0.2, 0.25) is 0 Å². The molecule has 156 valence electrons. The first-order valence-corrected chi connectivity index (χ1v) is 12.0. The van der Waals surface area contributed by atoms with Gasteiger partial charge < -0.3 is 0 Å². The summed E-state index contributed by atoms with van der Waals surface area (Å²) in [6, 6.07) is 22.0. The van der Waals surface area contributed by atoms with Crippen LogP contribution in [0.25, 0.3) is 0 Å². The van der Waals surface area contributed by atoms with Gasteiger partial charge in [0.2, 0.25) is 15.7 Å². The smallest absolute Gasteiger partial charge is 0.257 e. The first-order chi connectivity index (χ1) is 14.3. The lowest BCUT2D eigenvalue weighted by molar-refractivity contribution is -0.121. The third-order valence-electron chi connectivity index (χ3n) is 4.29. The minimum absolute atomic E-state index is 0.0571. The Morgan fingerprint density at radius 3 is 1.93 bits per heavy atom. The van der Waals surface area contributed by atoms with Crippen LogP contribution >= 0.6 is 0 Å². The summed E-state index contributed by atoms with van der Waals surface area (Å²) < 4.78 is 50.4. The Hall–Kier alpha value is -3.01. The lowest BCUT2D eigenvalue weighted by Crippen LogP contribution is -2.41. The Kier molecular flexibility index (Phi) is 6.66. The van der Waals surface area contributed by atoms with Gasteiger partial charge in [-0.1, -0.05) is 54.6 Å². The number of sulfone groups is 1. The third-order valence-corrected chi connectivity index (χ3v) is 7.30. The molecule has 0 bridgehead atoms. The fraction of sp³-hybridized carbons (Fsp3) is 0.0952. The lowest BCUT2D eigenvalue weighted by atomic mass is 10.1. The van der Waals surface area contributed by atoms with Crippen molar-refractivity contribution in [1.29, 1.82) is 0 Å². The van der Waals surface area contributed by atoms with Crippen LogP contribution in [0.5, 0.6) is 0 Å². The van der Waals surface area contributed by atoms with E-state index in [0.29, 0.717) is 6.42 Å². The van der Waals surface area contributed by atoms with E-state index in [4.69, 9.17) is 0 Å². The number of sulfonamides is 1. The van der Waals surface area contributed by atoms with Crippen molar-refractivity contribution < 1.29 is 21.6 Å². The SMILES string of the molecule is O=C(CCc1ccccc1)NNS(=O)(=O)c1cccc(S(=O)(=O)c2ccccc2)c1. The average Bonchev–Trinajstić information content (AvgIpc) is 2.78. The Morgan fingerprint density at radius 2 is 1.27 bits per heavy atom. The van der Waals surface area contributed by atoms with Gasteiger partial charge in [0, 0.05) is 6.42 Å². The molecular formula is C21H20N2O5S2. The first kappa shape index (κ1) is 21.7. The van der Waals surface area contributed by atoms with E-state index < -0.39 is 25.8 Å². The lowest BCUT2D eigenvalue weighted by Gasteiger charge is -2.10. The van der Waals surface area contributed by atoms with Crippen molar-refractivity contribution in [3.63, 3.8) is 0 Å². The highest BCUT2D eigenvalue weighted by molar-refractivity contribution is 7.91. The summed E-state index contributed by atoms with van der Waals surface area (Å²) in [6.45, 7) is 0. The maximum absolute atomic E-state index is 12.7. The van der Waals surface area contributed by atoms with Gasteiger partial charge in [-0.25, -0.2) is 16.8 Å². The number of aryl methyl sites for hydroxylation is 1. The standard InChI is InChI=1S/C21H20N2O5S2/c24-21(15-14-17-8-3-1-4-9-17)22-23-30(27,28)20-13-7-12-19(16-20)29(25,26)18-10-5-2-6-11-18/h1-13,16,23H,14-15H2,(H,22,24). The number of carbonyl (C=O) groups excluding carboxylic acids is 1. The Bertz CT molecular complexity index is 1230. The van der Waals surface area contributed by atoms with Gasteiger partial charge in [0.1, 0.15) is 0 Å². The Balaban J connectivity index is 1.69. The molecule has 0 fully saturated rings. The molecule has 0 spiro atoms. The van der Waals surface area contributed by atoms with Gasteiger partial charge >= 0.3 is 0 Å². The number of rotatable bonds is 8. The van der Waals surface area contributed by atoms with Crippen molar-refractivity contribution in [3.8, 4) is 0 Å². The van der Waals surface area contributed by atoms with E-state index in [-0.39, 0.29) is 21.1 Å².